The standard InChI is InChI=1S/C74H94N2O12S3/c1-6-7-8-9-14-34-58-86-73(78)69(89(80,81)66-44-25-17-26-45-66)50-35-43-64(59-63-39-21-15-22-40-63)38-20-10-11-31-53-75(56-36-51-70(74(79)87-62(4)5)90(82,83)67-46-27-18-28-47-67)54-32-12-13-33-55-76(60-65-41-23-16-24-42-65)57-37-52-71(88-72(77)61(2)3)91(84,85)68-48-29-19-30-49-68/h15-19,21-30,35-37,39-52,56-57,61-62,64H,6-14,20,31-34,38,53-55,58-60H2,1-5H3/b43-35+,56-36+,57-37+,69-50-,70-51-,71-52-. The summed E-state index contributed by atoms with van der Waals surface area (Å²) in [6.45, 7) is 11.4. The number of unbranched alkanes of at least 4 members (excludes halogenated alkanes) is 11. The van der Waals surface area contributed by atoms with Crippen LogP contribution < -0.4 is 0 Å². The highest BCUT2D eigenvalue weighted by Crippen LogP contribution is 2.26. The van der Waals surface area contributed by atoms with Gasteiger partial charge in [-0.2, -0.15) is 0 Å². The van der Waals surface area contributed by atoms with Crippen molar-refractivity contribution in [2.45, 2.75) is 165 Å². The molecule has 0 fully saturated rings. The maximum Gasteiger partial charge on any atom is 0.350 e. The van der Waals surface area contributed by atoms with E-state index in [0.29, 0.717) is 39.0 Å². The van der Waals surface area contributed by atoms with E-state index >= 15 is 0 Å². The zero-order valence-electron chi connectivity index (χ0n) is 53.7. The normalized spacial score (nSPS) is 13.1. The van der Waals surface area contributed by atoms with Crippen molar-refractivity contribution in [2.75, 3.05) is 26.2 Å². The minimum absolute atomic E-state index is 0.0112. The molecule has 1 unspecified atom stereocenters. The molecule has 5 aromatic rings. The lowest BCUT2D eigenvalue weighted by molar-refractivity contribution is -0.142. The first-order valence-corrected chi connectivity index (χ1v) is 36.5. The third-order valence-corrected chi connectivity index (χ3v) is 20.0. The van der Waals surface area contributed by atoms with Gasteiger partial charge in [0.25, 0.3) is 0 Å². The number of allylic oxidation sites excluding steroid dienone is 7. The molecule has 91 heavy (non-hydrogen) atoms. The second kappa shape index (κ2) is 40.3. The molecule has 0 aliphatic rings. The van der Waals surface area contributed by atoms with Gasteiger partial charge in [0, 0.05) is 26.2 Å². The number of carbonyl (C=O) groups is 3. The van der Waals surface area contributed by atoms with Crippen LogP contribution in [0.25, 0.3) is 0 Å². The molecule has 0 aromatic heterocycles. The van der Waals surface area contributed by atoms with Crippen molar-refractivity contribution < 1.29 is 53.8 Å². The third kappa shape index (κ3) is 26.6. The van der Waals surface area contributed by atoms with Crippen molar-refractivity contribution in [1.29, 1.82) is 0 Å². The van der Waals surface area contributed by atoms with Crippen LogP contribution in [0.2, 0.25) is 0 Å². The zero-order valence-corrected chi connectivity index (χ0v) is 56.2. The summed E-state index contributed by atoms with van der Waals surface area (Å²) in [5.74, 6) is -2.99. The van der Waals surface area contributed by atoms with Crippen LogP contribution in [0.3, 0.4) is 0 Å². The molecule has 0 aliphatic carbocycles. The van der Waals surface area contributed by atoms with Crippen molar-refractivity contribution in [2.24, 2.45) is 11.8 Å². The summed E-state index contributed by atoms with van der Waals surface area (Å²) in [6, 6.07) is 43.6. The van der Waals surface area contributed by atoms with Gasteiger partial charge in [-0.15, -0.1) is 0 Å². The van der Waals surface area contributed by atoms with Gasteiger partial charge < -0.3 is 24.0 Å². The van der Waals surface area contributed by atoms with Crippen molar-refractivity contribution in [1.82, 2.24) is 9.80 Å². The highest BCUT2D eigenvalue weighted by atomic mass is 32.2. The molecule has 0 spiro atoms. The summed E-state index contributed by atoms with van der Waals surface area (Å²) in [4.78, 5) is 43.1. The number of sulfone groups is 3. The summed E-state index contributed by atoms with van der Waals surface area (Å²) in [6.07, 6.45) is 28.3. The van der Waals surface area contributed by atoms with Gasteiger partial charge in [-0.3, -0.25) is 4.79 Å². The Bertz CT molecular complexity index is 3510. The first-order chi connectivity index (χ1) is 43.8. The maximum absolute atomic E-state index is 13.9. The summed E-state index contributed by atoms with van der Waals surface area (Å²) in [5, 5.41) is -0.455. The molecule has 490 valence electrons. The number of hydrogen-bond acceptors (Lipinski definition) is 14. The average Bonchev–Trinajstić information content (AvgIpc) is 1.07. The van der Waals surface area contributed by atoms with Gasteiger partial charge in [-0.25, -0.2) is 34.8 Å². The molecule has 17 heteroatoms. The van der Waals surface area contributed by atoms with Crippen LogP contribution in [0.4, 0.5) is 0 Å². The lowest BCUT2D eigenvalue weighted by Gasteiger charge is -2.22. The molecule has 0 saturated heterocycles. The smallest absolute Gasteiger partial charge is 0.350 e. The van der Waals surface area contributed by atoms with Gasteiger partial charge in [0.2, 0.25) is 34.6 Å². The quantitative estimate of drug-likeness (QED) is 0.00896. The molecular formula is C74H94N2O12S3. The molecule has 0 heterocycles. The first kappa shape index (κ1) is 74.1. The minimum Gasteiger partial charge on any atom is -0.462 e. The number of esters is 3. The predicted octanol–water partition coefficient (Wildman–Crippen LogP) is 15.8. The Labute approximate surface area is 543 Å². The predicted molar refractivity (Wildman–Crippen MR) is 363 cm³/mol. The topological polar surface area (TPSA) is 188 Å². The number of nitrogens with zero attached hydrogens (tertiary/aromatic N) is 2. The van der Waals surface area contributed by atoms with Crippen LogP contribution >= 0.6 is 0 Å². The molecule has 0 saturated carbocycles. The number of benzene rings is 5. The summed E-state index contributed by atoms with van der Waals surface area (Å²) >= 11 is 0. The zero-order chi connectivity index (χ0) is 65.7. The summed E-state index contributed by atoms with van der Waals surface area (Å²) in [7, 11) is -12.6. The Hall–Kier alpha value is -7.60. The fraction of sp³-hybridized carbons (Fsp3) is 0.392. The summed E-state index contributed by atoms with van der Waals surface area (Å²) in [5.41, 5.74) is 2.20. The minimum atomic E-state index is -4.23. The van der Waals surface area contributed by atoms with E-state index in [1.54, 1.807) is 101 Å². The van der Waals surface area contributed by atoms with Crippen LogP contribution in [0.15, 0.2) is 236 Å². The van der Waals surface area contributed by atoms with Crippen LogP contribution in [0, 0.1) is 11.8 Å². The molecular weight excluding hydrogens is 1210 g/mol. The SMILES string of the molecule is CCCCCCCCOC(=O)/C(=C/C=C/C(CCCCCCN(/C=C/C=C(/C(=O)OC(C)C)S(=O)(=O)c1ccccc1)CCCCCCN(/C=C/C=C(/OC(=O)C(C)C)S(=O)(=O)c1ccccc1)Cc1ccccc1)Cc1ccccc1)S(=O)(=O)c1ccccc1. The van der Waals surface area contributed by atoms with Crippen LogP contribution in [0.5, 0.6) is 0 Å². The largest absolute Gasteiger partial charge is 0.462 e. The van der Waals surface area contributed by atoms with E-state index in [1.807, 2.05) is 67.0 Å². The molecule has 0 aliphatic heterocycles. The maximum atomic E-state index is 13.9. The van der Waals surface area contributed by atoms with Gasteiger partial charge >= 0.3 is 17.9 Å². The van der Waals surface area contributed by atoms with Crippen molar-refractivity contribution in [3.63, 3.8) is 0 Å². The van der Waals surface area contributed by atoms with Gasteiger partial charge in [0.1, 0.15) is 0 Å². The Morgan fingerprint density at radius 3 is 1.42 bits per heavy atom. The van der Waals surface area contributed by atoms with E-state index in [-0.39, 0.29) is 27.2 Å². The average molecular weight is 1300 g/mol. The van der Waals surface area contributed by atoms with E-state index < -0.39 is 74.3 Å². The summed E-state index contributed by atoms with van der Waals surface area (Å²) < 4.78 is 99.5. The Balaban J connectivity index is 1.29. The fourth-order valence-corrected chi connectivity index (χ4v) is 13.6. The van der Waals surface area contributed by atoms with Gasteiger partial charge in [0.15, 0.2) is 9.81 Å². The fourth-order valence-electron chi connectivity index (χ4n) is 9.81. The number of carbonyl (C=O) groups excluding carboxylic acids is 3. The third-order valence-electron chi connectivity index (χ3n) is 14.8. The number of rotatable bonds is 42. The molecule has 0 bridgehead atoms. The Morgan fingerprint density at radius 2 is 0.890 bits per heavy atom. The molecule has 5 aromatic carbocycles. The molecule has 0 radical (unpaired) electrons. The lowest BCUT2D eigenvalue weighted by atomic mass is 9.93. The molecule has 5 rings (SSSR count). The van der Waals surface area contributed by atoms with Gasteiger partial charge in [0.05, 0.1) is 33.3 Å². The van der Waals surface area contributed by atoms with Crippen LogP contribution in [0.1, 0.15) is 142 Å². The molecule has 0 amide bonds. The van der Waals surface area contributed by atoms with E-state index in [2.05, 4.69) is 28.9 Å². The Kier molecular flexibility index (Phi) is 32.8. The van der Waals surface area contributed by atoms with Crippen LogP contribution in [-0.2, 0) is 71.1 Å². The van der Waals surface area contributed by atoms with E-state index in [4.69, 9.17) is 14.2 Å². The first-order valence-electron chi connectivity index (χ1n) is 32.0. The highest BCUT2D eigenvalue weighted by Gasteiger charge is 2.30. The van der Waals surface area contributed by atoms with Crippen molar-refractivity contribution in [3.8, 4) is 0 Å². The van der Waals surface area contributed by atoms with E-state index in [0.717, 1.165) is 101 Å². The number of hydrogen-bond donors (Lipinski definition) is 0. The van der Waals surface area contributed by atoms with E-state index in [1.165, 1.54) is 54.6 Å². The number of ether oxygens (including phenoxy) is 3. The second-order valence-corrected chi connectivity index (χ2v) is 28.8. The highest BCUT2D eigenvalue weighted by molar-refractivity contribution is 7.96. The Morgan fingerprint density at radius 1 is 0.462 bits per heavy atom. The van der Waals surface area contributed by atoms with Crippen molar-refractivity contribution >= 4 is 47.4 Å². The van der Waals surface area contributed by atoms with Gasteiger partial charge in [-0.05, 0) is 149 Å². The van der Waals surface area contributed by atoms with E-state index in [9.17, 15) is 39.6 Å². The van der Waals surface area contributed by atoms with Crippen molar-refractivity contribution in [3.05, 3.63) is 233 Å². The monoisotopic (exact) mass is 1300 g/mol. The molecule has 0 N–H and O–H groups in total. The van der Waals surface area contributed by atoms with Gasteiger partial charge in [-0.1, -0.05) is 212 Å². The lowest BCUT2D eigenvalue weighted by Crippen LogP contribution is -2.21. The van der Waals surface area contributed by atoms with Crippen LogP contribution in [-0.4, -0.2) is 85.3 Å². The second-order valence-electron chi connectivity index (χ2n) is 23.1. The molecule has 14 nitrogen and oxygen atoms in total. The molecule has 1 atom stereocenters.